The lowest BCUT2D eigenvalue weighted by atomic mass is 9.75. The number of rotatable bonds is 1. The minimum Gasteiger partial charge on any atom is -0.393 e. The second-order valence-corrected chi connectivity index (χ2v) is 3.07. The SMILES string of the molecule is CC(=O)OC(=O)C1CCC1C. The average Bonchev–Trinajstić information content (AvgIpc) is 1.82. The molecule has 0 bridgehead atoms. The van der Waals surface area contributed by atoms with Crippen molar-refractivity contribution in [1.29, 1.82) is 0 Å². The van der Waals surface area contributed by atoms with E-state index in [2.05, 4.69) is 4.74 Å². The molecular formula is C8H12O3. The molecule has 1 fully saturated rings. The maximum atomic E-state index is 11.0. The van der Waals surface area contributed by atoms with Gasteiger partial charge in [-0.05, 0) is 18.8 Å². The van der Waals surface area contributed by atoms with Gasteiger partial charge in [-0.1, -0.05) is 6.92 Å². The van der Waals surface area contributed by atoms with Crippen LogP contribution in [0, 0.1) is 11.8 Å². The molecule has 1 saturated carbocycles. The Bertz CT molecular complexity index is 186. The molecule has 2 atom stereocenters. The molecule has 1 aliphatic carbocycles. The fourth-order valence-electron chi connectivity index (χ4n) is 1.23. The fourth-order valence-corrected chi connectivity index (χ4v) is 1.23. The van der Waals surface area contributed by atoms with Crippen molar-refractivity contribution < 1.29 is 14.3 Å². The van der Waals surface area contributed by atoms with Crippen molar-refractivity contribution in [3.63, 3.8) is 0 Å². The monoisotopic (exact) mass is 156 g/mol. The van der Waals surface area contributed by atoms with Gasteiger partial charge in [0.15, 0.2) is 0 Å². The summed E-state index contributed by atoms with van der Waals surface area (Å²) in [6.45, 7) is 3.25. The first-order valence-electron chi connectivity index (χ1n) is 3.83. The Morgan fingerprint density at radius 3 is 2.27 bits per heavy atom. The molecule has 0 saturated heterocycles. The largest absolute Gasteiger partial charge is 0.393 e. The first-order valence-corrected chi connectivity index (χ1v) is 3.83. The van der Waals surface area contributed by atoms with Gasteiger partial charge in [0.25, 0.3) is 0 Å². The van der Waals surface area contributed by atoms with Crippen molar-refractivity contribution in [3.8, 4) is 0 Å². The van der Waals surface area contributed by atoms with E-state index in [0.717, 1.165) is 12.8 Å². The van der Waals surface area contributed by atoms with E-state index in [-0.39, 0.29) is 11.9 Å². The fraction of sp³-hybridized carbons (Fsp3) is 0.750. The molecule has 0 spiro atoms. The van der Waals surface area contributed by atoms with Crippen LogP contribution in [0.15, 0.2) is 0 Å². The molecule has 3 nitrogen and oxygen atoms in total. The maximum absolute atomic E-state index is 11.0. The van der Waals surface area contributed by atoms with Gasteiger partial charge in [0.2, 0.25) is 0 Å². The second-order valence-electron chi connectivity index (χ2n) is 3.07. The van der Waals surface area contributed by atoms with E-state index in [1.165, 1.54) is 6.92 Å². The van der Waals surface area contributed by atoms with Crippen molar-refractivity contribution >= 4 is 11.9 Å². The number of esters is 2. The number of hydrogen-bond acceptors (Lipinski definition) is 3. The Morgan fingerprint density at radius 1 is 1.36 bits per heavy atom. The Morgan fingerprint density at radius 2 is 2.00 bits per heavy atom. The smallest absolute Gasteiger partial charge is 0.316 e. The van der Waals surface area contributed by atoms with E-state index >= 15 is 0 Å². The number of ether oxygens (including phenoxy) is 1. The van der Waals surface area contributed by atoms with E-state index in [4.69, 9.17) is 0 Å². The zero-order chi connectivity index (χ0) is 8.43. The minimum atomic E-state index is -0.505. The van der Waals surface area contributed by atoms with Crippen molar-refractivity contribution in [2.24, 2.45) is 11.8 Å². The van der Waals surface area contributed by atoms with Crippen LogP contribution in [0.25, 0.3) is 0 Å². The van der Waals surface area contributed by atoms with Crippen LogP contribution in [0.1, 0.15) is 26.7 Å². The molecule has 0 N–H and O–H groups in total. The van der Waals surface area contributed by atoms with Crippen LogP contribution in [0.3, 0.4) is 0 Å². The van der Waals surface area contributed by atoms with Crippen molar-refractivity contribution in [1.82, 2.24) is 0 Å². The minimum absolute atomic E-state index is 0.0288. The molecule has 11 heavy (non-hydrogen) atoms. The molecular weight excluding hydrogens is 144 g/mol. The summed E-state index contributed by atoms with van der Waals surface area (Å²) in [6.07, 6.45) is 1.94. The Balaban J connectivity index is 2.36. The summed E-state index contributed by atoms with van der Waals surface area (Å²) < 4.78 is 4.45. The molecule has 0 aliphatic heterocycles. The molecule has 2 unspecified atom stereocenters. The highest BCUT2D eigenvalue weighted by molar-refractivity contribution is 5.86. The predicted octanol–water partition coefficient (Wildman–Crippen LogP) is 1.12. The van der Waals surface area contributed by atoms with E-state index in [0.29, 0.717) is 5.92 Å². The topological polar surface area (TPSA) is 43.4 Å². The Labute approximate surface area is 65.7 Å². The van der Waals surface area contributed by atoms with Gasteiger partial charge in [0.05, 0.1) is 5.92 Å². The van der Waals surface area contributed by atoms with E-state index < -0.39 is 5.97 Å². The Hall–Kier alpha value is -0.860. The van der Waals surface area contributed by atoms with Gasteiger partial charge in [0.1, 0.15) is 0 Å². The van der Waals surface area contributed by atoms with Gasteiger partial charge in [-0.15, -0.1) is 0 Å². The number of carbonyl (C=O) groups excluding carboxylic acids is 2. The quantitative estimate of drug-likeness (QED) is 0.422. The molecule has 0 amide bonds. The summed E-state index contributed by atoms with van der Waals surface area (Å²) in [5.74, 6) is -0.494. The molecule has 0 heterocycles. The third kappa shape index (κ3) is 1.79. The molecule has 0 aromatic carbocycles. The summed E-state index contributed by atoms with van der Waals surface area (Å²) >= 11 is 0. The standard InChI is InChI=1S/C8H12O3/c1-5-3-4-7(5)8(10)11-6(2)9/h5,7H,3-4H2,1-2H3. The summed E-state index contributed by atoms with van der Waals surface area (Å²) in [5, 5.41) is 0. The molecule has 0 aromatic heterocycles. The Kier molecular flexibility index (Phi) is 2.27. The van der Waals surface area contributed by atoms with Crippen LogP contribution in [0.4, 0.5) is 0 Å². The summed E-state index contributed by atoms with van der Waals surface area (Å²) in [7, 11) is 0. The van der Waals surface area contributed by atoms with E-state index in [1.54, 1.807) is 0 Å². The van der Waals surface area contributed by atoms with E-state index in [1.807, 2.05) is 6.92 Å². The molecule has 0 aromatic rings. The molecule has 1 aliphatic rings. The normalized spacial score (nSPS) is 28.9. The van der Waals surface area contributed by atoms with Crippen LogP contribution in [0.5, 0.6) is 0 Å². The highest BCUT2D eigenvalue weighted by atomic mass is 16.6. The molecule has 3 heteroatoms. The lowest BCUT2D eigenvalue weighted by molar-refractivity contribution is -0.164. The van der Waals surface area contributed by atoms with Crippen LogP contribution in [-0.2, 0) is 14.3 Å². The van der Waals surface area contributed by atoms with Gasteiger partial charge in [-0.2, -0.15) is 0 Å². The third-order valence-corrected chi connectivity index (χ3v) is 2.17. The first-order chi connectivity index (χ1) is 5.11. The number of hydrogen-bond donors (Lipinski definition) is 0. The van der Waals surface area contributed by atoms with Gasteiger partial charge in [0, 0.05) is 6.92 Å². The van der Waals surface area contributed by atoms with Crippen LogP contribution < -0.4 is 0 Å². The van der Waals surface area contributed by atoms with Gasteiger partial charge < -0.3 is 4.74 Å². The highest BCUT2D eigenvalue weighted by Gasteiger charge is 2.34. The maximum Gasteiger partial charge on any atom is 0.316 e. The van der Waals surface area contributed by atoms with Gasteiger partial charge in [-0.3, -0.25) is 9.59 Å². The lowest BCUT2D eigenvalue weighted by Crippen LogP contribution is -2.33. The van der Waals surface area contributed by atoms with Crippen molar-refractivity contribution in [2.45, 2.75) is 26.7 Å². The van der Waals surface area contributed by atoms with Gasteiger partial charge in [-0.25, -0.2) is 0 Å². The van der Waals surface area contributed by atoms with Crippen molar-refractivity contribution in [2.75, 3.05) is 0 Å². The summed E-state index contributed by atoms with van der Waals surface area (Å²) in [4.78, 5) is 21.4. The molecule has 0 radical (unpaired) electrons. The van der Waals surface area contributed by atoms with Crippen LogP contribution in [-0.4, -0.2) is 11.9 Å². The summed E-state index contributed by atoms with van der Waals surface area (Å²) in [5.41, 5.74) is 0. The van der Waals surface area contributed by atoms with Gasteiger partial charge >= 0.3 is 11.9 Å². The first kappa shape index (κ1) is 8.24. The predicted molar refractivity (Wildman–Crippen MR) is 38.7 cm³/mol. The highest BCUT2D eigenvalue weighted by Crippen LogP contribution is 2.34. The second kappa shape index (κ2) is 3.03. The van der Waals surface area contributed by atoms with Crippen LogP contribution in [0.2, 0.25) is 0 Å². The van der Waals surface area contributed by atoms with E-state index in [9.17, 15) is 9.59 Å². The third-order valence-electron chi connectivity index (χ3n) is 2.17. The average molecular weight is 156 g/mol. The number of carbonyl (C=O) groups is 2. The van der Waals surface area contributed by atoms with Crippen LogP contribution >= 0.6 is 0 Å². The zero-order valence-electron chi connectivity index (χ0n) is 6.79. The zero-order valence-corrected chi connectivity index (χ0v) is 6.79. The lowest BCUT2D eigenvalue weighted by Gasteiger charge is -2.30. The summed E-state index contributed by atoms with van der Waals surface area (Å²) in [6, 6.07) is 0. The molecule has 62 valence electrons. The van der Waals surface area contributed by atoms with Crippen molar-refractivity contribution in [3.05, 3.63) is 0 Å². The molecule has 1 rings (SSSR count).